The van der Waals surface area contributed by atoms with Gasteiger partial charge in [-0.25, -0.2) is 0 Å². The van der Waals surface area contributed by atoms with Crippen LogP contribution in [-0.2, 0) is 10.8 Å². The highest BCUT2D eigenvalue weighted by Gasteiger charge is 2.37. The Morgan fingerprint density at radius 1 is 0.233 bits per heavy atom. The van der Waals surface area contributed by atoms with Gasteiger partial charge in [0.15, 0.2) is 0 Å². The Bertz CT molecular complexity index is 3180. The molecule has 10 aromatic carbocycles. The molecule has 0 atom stereocenters. The molecule has 2 aliphatic carbocycles. The molecule has 0 heterocycles. The monoisotopic (exact) mass is 764 g/mol. The minimum atomic E-state index is -0.0279. The summed E-state index contributed by atoms with van der Waals surface area (Å²) in [5, 5.41) is 7.70. The van der Waals surface area contributed by atoms with Crippen molar-refractivity contribution in [3.05, 3.63) is 216 Å². The van der Waals surface area contributed by atoms with Crippen molar-refractivity contribution >= 4 is 32.3 Å². The molecule has 0 heteroatoms. The van der Waals surface area contributed by atoms with Crippen LogP contribution in [0.2, 0.25) is 0 Å². The first-order valence-electron chi connectivity index (χ1n) is 21.3. The molecule has 0 radical (unpaired) electrons. The molecule has 0 aliphatic heterocycles. The molecule has 0 bridgehead atoms. The molecule has 0 N–H and O–H groups in total. The highest BCUT2D eigenvalue weighted by molar-refractivity contribution is 6.26. The number of hydrogen-bond donors (Lipinski definition) is 0. The lowest BCUT2D eigenvalue weighted by Crippen LogP contribution is -2.14. The van der Waals surface area contributed by atoms with E-state index in [1.165, 1.54) is 121 Å². The van der Waals surface area contributed by atoms with E-state index in [4.69, 9.17) is 0 Å². The molecule has 2 aliphatic rings. The van der Waals surface area contributed by atoms with Gasteiger partial charge < -0.3 is 0 Å². The van der Waals surface area contributed by atoms with Gasteiger partial charge in [-0.15, -0.1) is 0 Å². The van der Waals surface area contributed by atoms with Crippen molar-refractivity contribution in [2.45, 2.75) is 38.5 Å². The Hall–Kier alpha value is -7.02. The first-order chi connectivity index (χ1) is 29.3. The number of hydrogen-bond acceptors (Lipinski definition) is 0. The van der Waals surface area contributed by atoms with Gasteiger partial charge in [-0.2, -0.15) is 0 Å². The lowest BCUT2D eigenvalue weighted by molar-refractivity contribution is 0.660. The van der Waals surface area contributed by atoms with Crippen LogP contribution in [0.15, 0.2) is 194 Å². The fraction of sp³-hybridized carbons (Fsp3) is 0.100. The van der Waals surface area contributed by atoms with Gasteiger partial charge in [-0.05, 0) is 146 Å². The van der Waals surface area contributed by atoms with Crippen molar-refractivity contribution in [3.8, 4) is 66.8 Å². The minimum Gasteiger partial charge on any atom is -0.0619 e. The molecule has 284 valence electrons. The summed E-state index contributed by atoms with van der Waals surface area (Å²) in [6, 6.07) is 73.0. The maximum atomic E-state index is 2.42. The Labute approximate surface area is 352 Å². The molecule has 0 unspecified atom stereocenters. The smallest absolute Gasteiger partial charge is 0.0159 e. The molecular weight excluding hydrogens is 721 g/mol. The van der Waals surface area contributed by atoms with Gasteiger partial charge >= 0.3 is 0 Å². The SMILES string of the molecule is CC1(C)c2ccccc2-c2c(-c3cccc(-c4ccc5c6ccc(-c7cccc(-c8cccc9c8-c8ccccc8C9(C)C)c7)cc6c6ccccc6c5c4)c3)cccc21. The van der Waals surface area contributed by atoms with Crippen molar-refractivity contribution in [1.29, 1.82) is 0 Å². The zero-order valence-electron chi connectivity index (χ0n) is 34.5. The zero-order valence-corrected chi connectivity index (χ0v) is 34.5. The average Bonchev–Trinajstić information content (AvgIpc) is 3.68. The topological polar surface area (TPSA) is 0 Å². The average molecular weight is 765 g/mol. The number of benzene rings is 10. The molecule has 0 saturated heterocycles. The predicted octanol–water partition coefficient (Wildman–Crippen LogP) is 16.4. The Morgan fingerprint density at radius 3 is 1.03 bits per heavy atom. The van der Waals surface area contributed by atoms with E-state index in [9.17, 15) is 0 Å². The van der Waals surface area contributed by atoms with Gasteiger partial charge in [-0.3, -0.25) is 0 Å². The standard InChI is InChI=1S/C60H44/c1-59(2)53-25-9-7-21-49(53)57-43(23-13-27-55(57)59)41-17-11-15-37(33-41)39-29-31-47-48-32-30-40(36-52(48)46-20-6-5-19-45(46)51(47)35-39)38-16-12-18-42(34-38)44-24-14-28-56-58(44)50-22-8-10-26-54(50)60(56,3)4/h5-36H,1-4H3. The lowest BCUT2D eigenvalue weighted by Gasteiger charge is -2.21. The molecular formula is C60H44. The quantitative estimate of drug-likeness (QED) is 0.157. The third-order valence-corrected chi connectivity index (χ3v) is 14.1. The van der Waals surface area contributed by atoms with Gasteiger partial charge in [0.25, 0.3) is 0 Å². The lowest BCUT2D eigenvalue weighted by atomic mass is 9.82. The largest absolute Gasteiger partial charge is 0.0619 e. The van der Waals surface area contributed by atoms with Crippen LogP contribution in [0.1, 0.15) is 49.9 Å². The first-order valence-corrected chi connectivity index (χ1v) is 21.3. The van der Waals surface area contributed by atoms with E-state index in [0.29, 0.717) is 0 Å². The molecule has 0 spiro atoms. The molecule has 12 rings (SSSR count). The third kappa shape index (κ3) is 4.98. The van der Waals surface area contributed by atoms with Crippen LogP contribution in [-0.4, -0.2) is 0 Å². The van der Waals surface area contributed by atoms with Crippen molar-refractivity contribution < 1.29 is 0 Å². The highest BCUT2D eigenvalue weighted by Crippen LogP contribution is 2.54. The summed E-state index contributed by atoms with van der Waals surface area (Å²) in [5.41, 5.74) is 21.0. The minimum absolute atomic E-state index is 0.0279. The van der Waals surface area contributed by atoms with Crippen LogP contribution in [0, 0.1) is 0 Å². The molecule has 0 saturated carbocycles. The summed E-state index contributed by atoms with van der Waals surface area (Å²) in [6.07, 6.45) is 0. The zero-order chi connectivity index (χ0) is 40.3. The second kappa shape index (κ2) is 12.7. The molecule has 60 heavy (non-hydrogen) atoms. The molecule has 10 aromatic rings. The Morgan fingerprint density at radius 2 is 0.567 bits per heavy atom. The van der Waals surface area contributed by atoms with Crippen LogP contribution in [0.4, 0.5) is 0 Å². The maximum absolute atomic E-state index is 2.42. The normalized spacial score (nSPS) is 14.3. The van der Waals surface area contributed by atoms with Crippen molar-refractivity contribution in [1.82, 2.24) is 0 Å². The first kappa shape index (κ1) is 35.0. The van der Waals surface area contributed by atoms with Gasteiger partial charge in [-0.1, -0.05) is 198 Å². The van der Waals surface area contributed by atoms with E-state index < -0.39 is 0 Å². The van der Waals surface area contributed by atoms with Crippen molar-refractivity contribution in [2.75, 3.05) is 0 Å². The Kier molecular flexibility index (Phi) is 7.42. The highest BCUT2D eigenvalue weighted by atomic mass is 14.4. The summed E-state index contributed by atoms with van der Waals surface area (Å²) in [7, 11) is 0. The second-order valence-corrected chi connectivity index (χ2v) is 18.0. The summed E-state index contributed by atoms with van der Waals surface area (Å²) in [5.74, 6) is 0. The van der Waals surface area contributed by atoms with Gasteiger partial charge in [0.05, 0.1) is 0 Å². The van der Waals surface area contributed by atoms with Gasteiger partial charge in [0.1, 0.15) is 0 Å². The van der Waals surface area contributed by atoms with E-state index in [1.807, 2.05) is 0 Å². The fourth-order valence-electron chi connectivity index (χ4n) is 11.0. The van der Waals surface area contributed by atoms with E-state index in [0.717, 1.165) is 0 Å². The van der Waals surface area contributed by atoms with Gasteiger partial charge in [0.2, 0.25) is 0 Å². The van der Waals surface area contributed by atoms with E-state index >= 15 is 0 Å². The molecule has 0 fully saturated rings. The molecule has 0 amide bonds. The Balaban J connectivity index is 0.959. The number of rotatable bonds is 4. The maximum Gasteiger partial charge on any atom is 0.0159 e. The summed E-state index contributed by atoms with van der Waals surface area (Å²) >= 11 is 0. The number of fused-ring (bicyclic) bond motifs is 12. The third-order valence-electron chi connectivity index (χ3n) is 14.1. The fourth-order valence-corrected chi connectivity index (χ4v) is 11.0. The van der Waals surface area contributed by atoms with Crippen molar-refractivity contribution in [2.24, 2.45) is 0 Å². The second-order valence-electron chi connectivity index (χ2n) is 18.0. The van der Waals surface area contributed by atoms with Gasteiger partial charge in [0, 0.05) is 10.8 Å². The van der Waals surface area contributed by atoms with E-state index in [1.54, 1.807) is 0 Å². The van der Waals surface area contributed by atoms with Crippen LogP contribution in [0.25, 0.3) is 99.1 Å². The van der Waals surface area contributed by atoms with E-state index in [2.05, 4.69) is 222 Å². The van der Waals surface area contributed by atoms with Crippen LogP contribution in [0.3, 0.4) is 0 Å². The molecule has 0 aromatic heterocycles. The predicted molar refractivity (Wildman–Crippen MR) is 256 cm³/mol. The van der Waals surface area contributed by atoms with E-state index in [-0.39, 0.29) is 10.8 Å². The summed E-state index contributed by atoms with van der Waals surface area (Å²) in [6.45, 7) is 9.43. The van der Waals surface area contributed by atoms with Crippen LogP contribution in [0.5, 0.6) is 0 Å². The van der Waals surface area contributed by atoms with Crippen LogP contribution >= 0.6 is 0 Å². The summed E-state index contributed by atoms with van der Waals surface area (Å²) < 4.78 is 0. The van der Waals surface area contributed by atoms with Crippen molar-refractivity contribution in [3.63, 3.8) is 0 Å². The van der Waals surface area contributed by atoms with Crippen LogP contribution < -0.4 is 0 Å². The summed E-state index contributed by atoms with van der Waals surface area (Å²) in [4.78, 5) is 0. The molecule has 0 nitrogen and oxygen atoms in total.